The van der Waals surface area contributed by atoms with E-state index >= 15 is 0 Å². The number of fused-ring (bicyclic) bond motifs is 1. The number of halogens is 1. The molecule has 2 aromatic rings. The lowest BCUT2D eigenvalue weighted by Crippen LogP contribution is -2.59. The monoisotopic (exact) mass is 436 g/mol. The Balaban J connectivity index is 1.41. The highest BCUT2D eigenvalue weighted by atomic mass is 35.5. The fourth-order valence-corrected chi connectivity index (χ4v) is 4.38. The molecular weight excluding hydrogens is 412 g/mol. The molecular formula is C25H25ClN2O3. The number of nitrogens with zero attached hydrogens (tertiary/aromatic N) is 1. The maximum Gasteiger partial charge on any atom is 0.255 e. The number of carbonyl (C=O) groups is 3. The van der Waals surface area contributed by atoms with Crippen molar-refractivity contribution in [3.8, 4) is 0 Å². The molecule has 1 N–H and O–H groups in total. The highest BCUT2D eigenvalue weighted by molar-refractivity contribution is 6.30. The molecule has 31 heavy (non-hydrogen) atoms. The summed E-state index contributed by atoms with van der Waals surface area (Å²) in [7, 11) is 0. The lowest BCUT2D eigenvalue weighted by Gasteiger charge is -2.40. The van der Waals surface area contributed by atoms with E-state index in [1.165, 1.54) is 0 Å². The van der Waals surface area contributed by atoms with Crippen LogP contribution in [0, 0.1) is 0 Å². The van der Waals surface area contributed by atoms with Crippen molar-refractivity contribution in [2.75, 3.05) is 0 Å². The average molecular weight is 437 g/mol. The molecule has 0 aromatic heterocycles. The zero-order valence-corrected chi connectivity index (χ0v) is 18.3. The first-order valence-corrected chi connectivity index (χ1v) is 10.8. The number of allylic oxidation sites excluding steroid dienone is 1. The molecule has 2 aliphatic heterocycles. The first-order valence-electron chi connectivity index (χ1n) is 10.5. The van der Waals surface area contributed by atoms with Gasteiger partial charge in [0.15, 0.2) is 0 Å². The Morgan fingerprint density at radius 3 is 2.58 bits per heavy atom. The first kappa shape index (κ1) is 21.3. The third-order valence-corrected chi connectivity index (χ3v) is 6.52. The third kappa shape index (κ3) is 4.28. The molecule has 2 aliphatic rings. The van der Waals surface area contributed by atoms with Gasteiger partial charge in [-0.3, -0.25) is 14.4 Å². The minimum atomic E-state index is -0.883. The summed E-state index contributed by atoms with van der Waals surface area (Å²) in [5.41, 5.74) is 3.32. The fraction of sp³-hybridized carbons (Fsp3) is 0.320. The maximum absolute atomic E-state index is 13.0. The number of piperidine rings is 1. The van der Waals surface area contributed by atoms with Crippen LogP contribution in [0.4, 0.5) is 0 Å². The number of hydrogen-bond acceptors (Lipinski definition) is 3. The van der Waals surface area contributed by atoms with Crippen LogP contribution in [0.2, 0.25) is 5.02 Å². The van der Waals surface area contributed by atoms with Gasteiger partial charge >= 0.3 is 0 Å². The van der Waals surface area contributed by atoms with Crippen molar-refractivity contribution < 1.29 is 14.4 Å². The quantitative estimate of drug-likeness (QED) is 0.737. The number of amides is 2. The Bertz CT molecular complexity index is 1080. The van der Waals surface area contributed by atoms with Crippen LogP contribution in [-0.2, 0) is 29.0 Å². The van der Waals surface area contributed by atoms with Crippen LogP contribution in [0.1, 0.15) is 53.2 Å². The number of nitrogens with one attached hydrogen (secondary N) is 1. The van der Waals surface area contributed by atoms with E-state index < -0.39 is 5.54 Å². The smallest absolute Gasteiger partial charge is 0.255 e. The first-order chi connectivity index (χ1) is 14.8. The van der Waals surface area contributed by atoms with Gasteiger partial charge in [-0.1, -0.05) is 42.4 Å². The van der Waals surface area contributed by atoms with Crippen LogP contribution in [0.25, 0.3) is 0 Å². The number of ketones is 1. The zero-order valence-electron chi connectivity index (χ0n) is 17.5. The molecule has 0 spiro atoms. The van der Waals surface area contributed by atoms with Gasteiger partial charge in [0, 0.05) is 35.7 Å². The summed E-state index contributed by atoms with van der Waals surface area (Å²) in [6.45, 7) is 6.04. The van der Waals surface area contributed by atoms with E-state index in [4.69, 9.17) is 11.6 Å². The number of carbonyl (C=O) groups excluding carboxylic acids is 3. The SMILES string of the molecule is C=C1CC[C@](C)(N2Cc3cc(CCC(=O)Cc4ccc(Cl)cc4)ccc3C2=O)C(=O)N1. The van der Waals surface area contributed by atoms with Crippen molar-refractivity contribution in [1.82, 2.24) is 10.2 Å². The summed E-state index contributed by atoms with van der Waals surface area (Å²) >= 11 is 5.89. The molecule has 2 amide bonds. The predicted octanol–water partition coefficient (Wildman–Crippen LogP) is 4.22. The largest absolute Gasteiger partial charge is 0.328 e. The van der Waals surface area contributed by atoms with E-state index in [-0.39, 0.29) is 17.6 Å². The van der Waals surface area contributed by atoms with Gasteiger partial charge in [0.25, 0.3) is 5.91 Å². The van der Waals surface area contributed by atoms with E-state index in [1.54, 1.807) is 17.0 Å². The van der Waals surface area contributed by atoms with E-state index in [1.807, 2.05) is 37.3 Å². The van der Waals surface area contributed by atoms with Gasteiger partial charge in [-0.05, 0) is 61.1 Å². The lowest BCUT2D eigenvalue weighted by molar-refractivity contribution is -0.132. The Morgan fingerprint density at radius 2 is 1.87 bits per heavy atom. The van der Waals surface area contributed by atoms with Crippen molar-refractivity contribution in [1.29, 1.82) is 0 Å². The van der Waals surface area contributed by atoms with Crippen LogP contribution in [0.5, 0.6) is 0 Å². The number of benzene rings is 2. The number of Topliss-reactive ketones (excluding diaryl/α,β-unsaturated/α-hetero) is 1. The topological polar surface area (TPSA) is 66.5 Å². The lowest BCUT2D eigenvalue weighted by atomic mass is 9.88. The molecule has 0 unspecified atom stereocenters. The minimum Gasteiger partial charge on any atom is -0.328 e. The van der Waals surface area contributed by atoms with Gasteiger partial charge in [0.05, 0.1) is 0 Å². The molecule has 1 atom stereocenters. The highest BCUT2D eigenvalue weighted by Crippen LogP contribution is 2.35. The van der Waals surface area contributed by atoms with Crippen LogP contribution >= 0.6 is 11.6 Å². The Labute approximate surface area is 187 Å². The molecule has 6 heteroatoms. The van der Waals surface area contributed by atoms with E-state index in [9.17, 15) is 14.4 Å². The molecule has 2 aromatic carbocycles. The number of rotatable bonds is 6. The highest BCUT2D eigenvalue weighted by Gasteiger charge is 2.47. The molecule has 0 aliphatic carbocycles. The second-order valence-corrected chi connectivity index (χ2v) is 8.99. The Hall–Kier alpha value is -2.92. The van der Waals surface area contributed by atoms with Crippen LogP contribution in [-0.4, -0.2) is 28.0 Å². The van der Waals surface area contributed by atoms with Gasteiger partial charge in [0.2, 0.25) is 5.91 Å². The van der Waals surface area contributed by atoms with E-state index in [2.05, 4.69) is 11.9 Å². The third-order valence-electron chi connectivity index (χ3n) is 6.27. The summed E-state index contributed by atoms with van der Waals surface area (Å²) in [5.74, 6) is -0.143. The second-order valence-electron chi connectivity index (χ2n) is 8.56. The van der Waals surface area contributed by atoms with Crippen LogP contribution in [0.15, 0.2) is 54.7 Å². The van der Waals surface area contributed by atoms with Crippen LogP contribution in [0.3, 0.4) is 0 Å². The average Bonchev–Trinajstić information content (AvgIpc) is 3.08. The van der Waals surface area contributed by atoms with Gasteiger partial charge in [0.1, 0.15) is 11.3 Å². The van der Waals surface area contributed by atoms with Crippen molar-refractivity contribution in [3.05, 3.63) is 82.0 Å². The van der Waals surface area contributed by atoms with Crippen molar-refractivity contribution in [3.63, 3.8) is 0 Å². The molecule has 1 fully saturated rings. The predicted molar refractivity (Wildman–Crippen MR) is 120 cm³/mol. The molecule has 5 nitrogen and oxygen atoms in total. The molecule has 160 valence electrons. The van der Waals surface area contributed by atoms with Gasteiger partial charge < -0.3 is 10.2 Å². The summed E-state index contributed by atoms with van der Waals surface area (Å²) in [6, 6.07) is 13.0. The number of hydrogen-bond donors (Lipinski definition) is 1. The molecule has 2 heterocycles. The molecule has 0 saturated carbocycles. The Kier molecular flexibility index (Phi) is 5.71. The zero-order chi connectivity index (χ0) is 22.2. The molecule has 0 radical (unpaired) electrons. The van der Waals surface area contributed by atoms with Crippen molar-refractivity contribution >= 4 is 29.2 Å². The molecule has 4 rings (SSSR count). The van der Waals surface area contributed by atoms with Crippen molar-refractivity contribution in [2.24, 2.45) is 0 Å². The van der Waals surface area contributed by atoms with Gasteiger partial charge in [-0.2, -0.15) is 0 Å². The van der Waals surface area contributed by atoms with Crippen LogP contribution < -0.4 is 5.32 Å². The number of aryl methyl sites for hydroxylation is 1. The summed E-state index contributed by atoms with van der Waals surface area (Å²) in [4.78, 5) is 39.6. The summed E-state index contributed by atoms with van der Waals surface area (Å²) in [5, 5.41) is 3.44. The standard InChI is InChI=1S/C25H25ClN2O3/c1-16-11-12-25(2,24(31)27-16)28-15-19-13-17(6-10-22(19)23(28)30)5-9-21(29)14-18-3-7-20(26)8-4-18/h3-4,6-8,10,13H,1,5,9,11-12,14-15H2,2H3,(H,27,31)/t25-/m0/s1. The normalized spacial score (nSPS) is 20.6. The Morgan fingerprint density at radius 1 is 1.16 bits per heavy atom. The summed E-state index contributed by atoms with van der Waals surface area (Å²) < 4.78 is 0. The van der Waals surface area contributed by atoms with Gasteiger partial charge in [-0.15, -0.1) is 0 Å². The maximum atomic E-state index is 13.0. The minimum absolute atomic E-state index is 0.120. The fourth-order valence-electron chi connectivity index (χ4n) is 4.25. The molecule has 0 bridgehead atoms. The molecule has 1 saturated heterocycles. The second kappa shape index (κ2) is 8.31. The van der Waals surface area contributed by atoms with E-state index in [0.29, 0.717) is 54.9 Å². The summed E-state index contributed by atoms with van der Waals surface area (Å²) in [6.07, 6.45) is 2.65. The van der Waals surface area contributed by atoms with Crippen molar-refractivity contribution in [2.45, 2.75) is 51.1 Å². The van der Waals surface area contributed by atoms with E-state index in [0.717, 1.165) is 16.7 Å². The van der Waals surface area contributed by atoms with Gasteiger partial charge in [-0.25, -0.2) is 0 Å².